The molecule has 5 heteroatoms. The number of benzene rings is 1. The van der Waals surface area contributed by atoms with Gasteiger partial charge in [0.15, 0.2) is 0 Å². The summed E-state index contributed by atoms with van der Waals surface area (Å²) in [5, 5.41) is 11.7. The average molecular weight is 262 g/mol. The number of anilines is 2. The van der Waals surface area contributed by atoms with Gasteiger partial charge >= 0.3 is 5.97 Å². The summed E-state index contributed by atoms with van der Waals surface area (Å²) in [5.41, 5.74) is 6.92. The molecule has 0 heterocycles. The molecule has 1 aromatic carbocycles. The molecule has 1 aliphatic carbocycles. The van der Waals surface area contributed by atoms with Crippen molar-refractivity contribution in [3.05, 3.63) is 24.3 Å². The number of nitrogens with one attached hydrogen (secondary N) is 1. The number of nitrogens with two attached hydrogens (primary N) is 1. The van der Waals surface area contributed by atoms with Gasteiger partial charge in [0.2, 0.25) is 5.91 Å². The largest absolute Gasteiger partial charge is 0.481 e. The fourth-order valence-electron chi connectivity index (χ4n) is 2.45. The van der Waals surface area contributed by atoms with Crippen molar-refractivity contribution in [1.82, 2.24) is 0 Å². The van der Waals surface area contributed by atoms with Gasteiger partial charge in [-0.25, -0.2) is 0 Å². The standard InChI is InChI=1S/C14H18N2O3/c15-11-3-1-2-4-12(11)16-13(17)9-5-7-10(8-6-9)14(18)19/h1-4,9-10H,5-8,15H2,(H,16,17)(H,18,19). The molecule has 0 radical (unpaired) electrons. The highest BCUT2D eigenvalue weighted by atomic mass is 16.4. The van der Waals surface area contributed by atoms with Crippen LogP contribution in [-0.4, -0.2) is 17.0 Å². The first-order chi connectivity index (χ1) is 9.08. The summed E-state index contributed by atoms with van der Waals surface area (Å²) in [4.78, 5) is 22.9. The van der Waals surface area contributed by atoms with E-state index < -0.39 is 5.97 Å². The number of amides is 1. The number of nitrogen functional groups attached to an aromatic ring is 1. The molecule has 0 saturated heterocycles. The van der Waals surface area contributed by atoms with Crippen LogP contribution in [0.5, 0.6) is 0 Å². The third-order valence-electron chi connectivity index (χ3n) is 3.67. The molecule has 102 valence electrons. The monoisotopic (exact) mass is 262 g/mol. The lowest BCUT2D eigenvalue weighted by atomic mass is 9.81. The first-order valence-corrected chi connectivity index (χ1v) is 6.46. The zero-order valence-corrected chi connectivity index (χ0v) is 10.6. The molecule has 1 aromatic rings. The van der Waals surface area contributed by atoms with Gasteiger partial charge in [-0.05, 0) is 37.8 Å². The van der Waals surface area contributed by atoms with Crippen LogP contribution in [0.15, 0.2) is 24.3 Å². The number of para-hydroxylation sites is 2. The van der Waals surface area contributed by atoms with Crippen LogP contribution in [0.1, 0.15) is 25.7 Å². The Hall–Kier alpha value is -2.04. The number of hydrogen-bond acceptors (Lipinski definition) is 3. The molecule has 4 N–H and O–H groups in total. The Morgan fingerprint density at radius 3 is 2.26 bits per heavy atom. The topological polar surface area (TPSA) is 92.4 Å². The van der Waals surface area contributed by atoms with Gasteiger partial charge in [-0.15, -0.1) is 0 Å². The Morgan fingerprint density at radius 1 is 1.11 bits per heavy atom. The molecule has 1 amide bonds. The Kier molecular flexibility index (Phi) is 4.04. The summed E-state index contributed by atoms with van der Waals surface area (Å²) in [6.45, 7) is 0. The van der Waals surface area contributed by atoms with Crippen molar-refractivity contribution < 1.29 is 14.7 Å². The van der Waals surface area contributed by atoms with E-state index in [1.807, 2.05) is 12.1 Å². The number of carbonyl (C=O) groups is 2. The van der Waals surface area contributed by atoms with Gasteiger partial charge in [0.1, 0.15) is 0 Å². The molecule has 0 unspecified atom stereocenters. The molecule has 0 spiro atoms. The maximum atomic E-state index is 12.1. The molecule has 0 atom stereocenters. The van der Waals surface area contributed by atoms with Crippen molar-refractivity contribution in [2.45, 2.75) is 25.7 Å². The quantitative estimate of drug-likeness (QED) is 0.727. The van der Waals surface area contributed by atoms with E-state index in [9.17, 15) is 9.59 Å². The Morgan fingerprint density at radius 2 is 1.68 bits per heavy atom. The fraction of sp³-hybridized carbons (Fsp3) is 0.429. The van der Waals surface area contributed by atoms with Crippen LogP contribution < -0.4 is 11.1 Å². The number of carboxylic acids is 1. The fourth-order valence-corrected chi connectivity index (χ4v) is 2.45. The maximum absolute atomic E-state index is 12.1. The van der Waals surface area contributed by atoms with Gasteiger partial charge in [-0.3, -0.25) is 9.59 Å². The predicted octanol–water partition coefficient (Wildman–Crippen LogP) is 2.10. The number of rotatable bonds is 3. The lowest BCUT2D eigenvalue weighted by molar-refractivity contribution is -0.143. The van der Waals surface area contributed by atoms with E-state index in [0.717, 1.165) is 0 Å². The van der Waals surface area contributed by atoms with Crippen LogP contribution in [0.4, 0.5) is 11.4 Å². The Balaban J connectivity index is 1.92. The van der Waals surface area contributed by atoms with Gasteiger partial charge in [-0.2, -0.15) is 0 Å². The summed E-state index contributed by atoms with van der Waals surface area (Å²) >= 11 is 0. The van der Waals surface area contributed by atoms with Crippen molar-refractivity contribution in [2.24, 2.45) is 11.8 Å². The second-order valence-electron chi connectivity index (χ2n) is 4.96. The average Bonchev–Trinajstić information content (AvgIpc) is 2.41. The smallest absolute Gasteiger partial charge is 0.306 e. The molecule has 1 fully saturated rings. The molecule has 0 aromatic heterocycles. The highest BCUT2D eigenvalue weighted by Crippen LogP contribution is 2.30. The number of hydrogen-bond donors (Lipinski definition) is 3. The minimum absolute atomic E-state index is 0.0678. The van der Waals surface area contributed by atoms with E-state index in [1.54, 1.807) is 12.1 Å². The molecule has 5 nitrogen and oxygen atoms in total. The van der Waals surface area contributed by atoms with Gasteiger partial charge < -0.3 is 16.2 Å². The van der Waals surface area contributed by atoms with Crippen LogP contribution in [0.25, 0.3) is 0 Å². The highest BCUT2D eigenvalue weighted by Gasteiger charge is 2.29. The first-order valence-electron chi connectivity index (χ1n) is 6.46. The zero-order valence-electron chi connectivity index (χ0n) is 10.6. The van der Waals surface area contributed by atoms with Gasteiger partial charge in [0, 0.05) is 5.92 Å². The van der Waals surface area contributed by atoms with Crippen LogP contribution in [0, 0.1) is 11.8 Å². The van der Waals surface area contributed by atoms with E-state index >= 15 is 0 Å². The van der Waals surface area contributed by atoms with Crippen molar-refractivity contribution in [3.8, 4) is 0 Å². The minimum atomic E-state index is -0.758. The first kappa shape index (κ1) is 13.4. The van der Waals surface area contributed by atoms with E-state index in [2.05, 4.69) is 5.32 Å². The van der Waals surface area contributed by atoms with E-state index in [1.165, 1.54) is 0 Å². The molecule has 1 aliphatic rings. The molecular weight excluding hydrogens is 244 g/mol. The highest BCUT2D eigenvalue weighted by molar-refractivity contribution is 5.95. The summed E-state index contributed by atoms with van der Waals surface area (Å²) in [5.74, 6) is -1.24. The minimum Gasteiger partial charge on any atom is -0.481 e. The number of carboxylic acid groups (broad SMARTS) is 1. The zero-order chi connectivity index (χ0) is 13.8. The predicted molar refractivity (Wildman–Crippen MR) is 72.6 cm³/mol. The van der Waals surface area contributed by atoms with Crippen LogP contribution >= 0.6 is 0 Å². The summed E-state index contributed by atoms with van der Waals surface area (Å²) in [6.07, 6.45) is 2.38. The van der Waals surface area contributed by atoms with Crippen molar-refractivity contribution in [1.29, 1.82) is 0 Å². The van der Waals surface area contributed by atoms with Crippen molar-refractivity contribution >= 4 is 23.3 Å². The molecule has 1 saturated carbocycles. The van der Waals surface area contributed by atoms with Crippen LogP contribution in [0.2, 0.25) is 0 Å². The molecular formula is C14H18N2O3. The molecule has 2 rings (SSSR count). The lowest BCUT2D eigenvalue weighted by Gasteiger charge is -2.25. The molecule has 0 aliphatic heterocycles. The summed E-state index contributed by atoms with van der Waals surface area (Å²) < 4.78 is 0. The third-order valence-corrected chi connectivity index (χ3v) is 3.67. The summed E-state index contributed by atoms with van der Waals surface area (Å²) in [6, 6.07) is 7.11. The SMILES string of the molecule is Nc1ccccc1NC(=O)C1CCC(C(=O)O)CC1. The normalized spacial score (nSPS) is 22.7. The summed E-state index contributed by atoms with van der Waals surface area (Å²) in [7, 11) is 0. The second-order valence-corrected chi connectivity index (χ2v) is 4.96. The van der Waals surface area contributed by atoms with Crippen LogP contribution in [-0.2, 0) is 9.59 Å². The Labute approximate surface area is 111 Å². The van der Waals surface area contributed by atoms with E-state index in [-0.39, 0.29) is 17.7 Å². The van der Waals surface area contributed by atoms with Gasteiger partial charge in [-0.1, -0.05) is 12.1 Å². The number of aliphatic carboxylic acids is 1. The van der Waals surface area contributed by atoms with Crippen LogP contribution in [0.3, 0.4) is 0 Å². The molecule has 19 heavy (non-hydrogen) atoms. The number of carbonyl (C=O) groups excluding carboxylic acids is 1. The van der Waals surface area contributed by atoms with Gasteiger partial charge in [0.05, 0.1) is 17.3 Å². The van der Waals surface area contributed by atoms with E-state index in [0.29, 0.717) is 37.1 Å². The Bertz CT molecular complexity index is 479. The lowest BCUT2D eigenvalue weighted by Crippen LogP contribution is -2.29. The third kappa shape index (κ3) is 3.24. The van der Waals surface area contributed by atoms with E-state index in [4.69, 9.17) is 10.8 Å². The molecule has 0 bridgehead atoms. The maximum Gasteiger partial charge on any atom is 0.306 e. The van der Waals surface area contributed by atoms with Crippen molar-refractivity contribution in [2.75, 3.05) is 11.1 Å². The van der Waals surface area contributed by atoms with Gasteiger partial charge in [0.25, 0.3) is 0 Å². The van der Waals surface area contributed by atoms with Crippen molar-refractivity contribution in [3.63, 3.8) is 0 Å². The second kappa shape index (κ2) is 5.73.